The van der Waals surface area contributed by atoms with Crippen LogP contribution in [0.4, 0.5) is 8.78 Å². The Labute approximate surface area is 129 Å². The van der Waals surface area contributed by atoms with Gasteiger partial charge in [0.15, 0.2) is 11.5 Å². The molecule has 0 aliphatic carbocycles. The lowest BCUT2D eigenvalue weighted by molar-refractivity contribution is 0.517. The van der Waals surface area contributed by atoms with Gasteiger partial charge in [0.25, 0.3) is 0 Å². The Bertz CT molecular complexity index is 770. The normalized spacial score (nSPS) is 12.8. The first-order chi connectivity index (χ1) is 10.0. The van der Waals surface area contributed by atoms with Crippen LogP contribution in [0.2, 0.25) is 5.02 Å². The molecule has 108 valence electrons. The molecular formula is C15H9Cl2F2NO. The quantitative estimate of drug-likeness (QED) is 0.483. The topological polar surface area (TPSA) is 26.0 Å². The fraction of sp³-hybridized carbons (Fsp3) is 0.133. The predicted molar refractivity (Wildman–Crippen MR) is 77.7 cm³/mol. The van der Waals surface area contributed by atoms with Gasteiger partial charge in [0.1, 0.15) is 17.2 Å². The lowest BCUT2D eigenvalue weighted by Gasteiger charge is -2.09. The molecule has 2 aromatic carbocycles. The Hall–Kier alpha value is -1.65. The average molecular weight is 328 g/mol. The van der Waals surface area contributed by atoms with Crippen molar-refractivity contribution in [1.29, 1.82) is 0 Å². The molecule has 3 aromatic rings. The standard InChI is InChI=1S/C15H9Cl2F2NO/c16-9(8-5-12(19)10(17)6-11(8)18)7-15-20-13-3-1-2-4-14(13)21-15/h1-6,9H,7H2. The van der Waals surface area contributed by atoms with Gasteiger partial charge in [-0.3, -0.25) is 0 Å². The first kappa shape index (κ1) is 14.3. The number of hydrogen-bond donors (Lipinski definition) is 0. The first-order valence-electron chi connectivity index (χ1n) is 6.17. The summed E-state index contributed by atoms with van der Waals surface area (Å²) < 4.78 is 32.7. The van der Waals surface area contributed by atoms with Gasteiger partial charge in [-0.15, -0.1) is 11.6 Å². The number of halogens is 4. The third-order valence-corrected chi connectivity index (χ3v) is 3.75. The van der Waals surface area contributed by atoms with Crippen molar-refractivity contribution < 1.29 is 13.2 Å². The Balaban J connectivity index is 1.89. The van der Waals surface area contributed by atoms with Crippen molar-refractivity contribution in [2.24, 2.45) is 0 Å². The number of rotatable bonds is 3. The van der Waals surface area contributed by atoms with Crippen LogP contribution in [0, 0.1) is 11.6 Å². The van der Waals surface area contributed by atoms with Gasteiger partial charge in [-0.2, -0.15) is 0 Å². The first-order valence-corrected chi connectivity index (χ1v) is 6.99. The van der Waals surface area contributed by atoms with Crippen molar-refractivity contribution in [1.82, 2.24) is 4.98 Å². The fourth-order valence-corrected chi connectivity index (χ4v) is 2.50. The molecule has 21 heavy (non-hydrogen) atoms. The summed E-state index contributed by atoms with van der Waals surface area (Å²) in [5, 5.41) is -1.08. The average Bonchev–Trinajstić information content (AvgIpc) is 2.84. The molecule has 0 amide bonds. The molecule has 0 bridgehead atoms. The highest BCUT2D eigenvalue weighted by Gasteiger charge is 2.19. The van der Waals surface area contributed by atoms with Crippen molar-refractivity contribution in [3.05, 3.63) is 64.5 Å². The second-order valence-corrected chi connectivity index (χ2v) is 5.47. The lowest BCUT2D eigenvalue weighted by atomic mass is 10.1. The van der Waals surface area contributed by atoms with E-state index in [9.17, 15) is 8.78 Å². The van der Waals surface area contributed by atoms with Crippen LogP contribution >= 0.6 is 23.2 Å². The molecule has 0 saturated carbocycles. The summed E-state index contributed by atoms with van der Waals surface area (Å²) in [7, 11) is 0. The molecule has 0 fully saturated rings. The zero-order chi connectivity index (χ0) is 15.0. The van der Waals surface area contributed by atoms with E-state index in [0.29, 0.717) is 17.0 Å². The second kappa shape index (κ2) is 5.62. The number of oxazole rings is 1. The van der Waals surface area contributed by atoms with Crippen LogP contribution in [0.15, 0.2) is 40.8 Å². The molecule has 1 heterocycles. The molecule has 1 aromatic heterocycles. The van der Waals surface area contributed by atoms with E-state index in [-0.39, 0.29) is 17.0 Å². The molecule has 0 saturated heterocycles. The molecular weight excluding hydrogens is 319 g/mol. The van der Waals surface area contributed by atoms with E-state index in [1.807, 2.05) is 12.1 Å². The van der Waals surface area contributed by atoms with Gasteiger partial charge in [0.05, 0.1) is 10.4 Å². The van der Waals surface area contributed by atoms with Crippen LogP contribution in [0.3, 0.4) is 0 Å². The third kappa shape index (κ3) is 2.87. The van der Waals surface area contributed by atoms with Crippen molar-refractivity contribution in [2.75, 3.05) is 0 Å². The largest absolute Gasteiger partial charge is 0.441 e. The van der Waals surface area contributed by atoms with Gasteiger partial charge in [-0.25, -0.2) is 13.8 Å². The zero-order valence-corrected chi connectivity index (χ0v) is 12.1. The molecule has 0 spiro atoms. The highest BCUT2D eigenvalue weighted by Crippen LogP contribution is 2.31. The Morgan fingerprint density at radius 1 is 1.14 bits per heavy atom. The maximum Gasteiger partial charge on any atom is 0.197 e. The lowest BCUT2D eigenvalue weighted by Crippen LogP contribution is -2.00. The van der Waals surface area contributed by atoms with Crippen molar-refractivity contribution >= 4 is 34.3 Å². The van der Waals surface area contributed by atoms with E-state index in [1.165, 1.54) is 0 Å². The zero-order valence-electron chi connectivity index (χ0n) is 10.6. The van der Waals surface area contributed by atoms with E-state index in [4.69, 9.17) is 27.6 Å². The molecule has 2 nitrogen and oxygen atoms in total. The van der Waals surface area contributed by atoms with E-state index in [0.717, 1.165) is 12.1 Å². The minimum absolute atomic E-state index is 0.0285. The Kier molecular flexibility index (Phi) is 3.83. The summed E-state index contributed by atoms with van der Waals surface area (Å²) in [6.45, 7) is 0. The predicted octanol–water partition coefficient (Wildman–Crippen LogP) is 5.28. The summed E-state index contributed by atoms with van der Waals surface area (Å²) in [4.78, 5) is 4.25. The maximum atomic E-state index is 13.8. The van der Waals surface area contributed by atoms with Gasteiger partial charge in [-0.05, 0) is 24.3 Å². The molecule has 1 atom stereocenters. The number of aromatic nitrogens is 1. The van der Waals surface area contributed by atoms with Crippen molar-refractivity contribution in [3.8, 4) is 0 Å². The van der Waals surface area contributed by atoms with Gasteiger partial charge >= 0.3 is 0 Å². The summed E-state index contributed by atoms with van der Waals surface area (Å²) >= 11 is 11.7. The number of hydrogen-bond acceptors (Lipinski definition) is 2. The van der Waals surface area contributed by atoms with E-state index >= 15 is 0 Å². The van der Waals surface area contributed by atoms with E-state index in [1.54, 1.807) is 12.1 Å². The summed E-state index contributed by atoms with van der Waals surface area (Å²) in [5.74, 6) is -1.00. The fourth-order valence-electron chi connectivity index (χ4n) is 2.05. The molecule has 0 N–H and O–H groups in total. The third-order valence-electron chi connectivity index (χ3n) is 3.07. The van der Waals surface area contributed by atoms with Crippen LogP contribution in [-0.4, -0.2) is 4.98 Å². The van der Waals surface area contributed by atoms with Crippen LogP contribution in [0.5, 0.6) is 0 Å². The molecule has 0 radical (unpaired) electrons. The Morgan fingerprint density at radius 2 is 1.90 bits per heavy atom. The minimum Gasteiger partial charge on any atom is -0.441 e. The van der Waals surface area contributed by atoms with Crippen LogP contribution in [0.1, 0.15) is 16.8 Å². The summed E-state index contributed by atoms with van der Waals surface area (Å²) in [6.07, 6.45) is 0.147. The van der Waals surface area contributed by atoms with Gasteiger partial charge in [0.2, 0.25) is 0 Å². The van der Waals surface area contributed by atoms with Crippen molar-refractivity contribution in [2.45, 2.75) is 11.8 Å². The van der Waals surface area contributed by atoms with Crippen LogP contribution < -0.4 is 0 Å². The number of nitrogens with zero attached hydrogens (tertiary/aromatic N) is 1. The number of para-hydroxylation sites is 2. The molecule has 1 unspecified atom stereocenters. The van der Waals surface area contributed by atoms with Gasteiger partial charge < -0.3 is 4.42 Å². The Morgan fingerprint density at radius 3 is 2.67 bits per heavy atom. The minimum atomic E-state index is -0.801. The van der Waals surface area contributed by atoms with Gasteiger partial charge in [0, 0.05) is 12.0 Å². The molecule has 0 aliphatic heterocycles. The van der Waals surface area contributed by atoms with E-state index in [2.05, 4.69) is 4.98 Å². The molecule has 3 rings (SSSR count). The monoisotopic (exact) mass is 327 g/mol. The maximum absolute atomic E-state index is 13.8. The SMILES string of the molecule is Fc1cc(C(Cl)Cc2nc3ccccc3o2)c(F)cc1Cl. The van der Waals surface area contributed by atoms with E-state index < -0.39 is 17.0 Å². The highest BCUT2D eigenvalue weighted by molar-refractivity contribution is 6.30. The summed E-state index contributed by atoms with van der Waals surface area (Å²) in [6, 6.07) is 9.14. The van der Waals surface area contributed by atoms with Crippen LogP contribution in [0.25, 0.3) is 11.1 Å². The summed E-state index contributed by atoms with van der Waals surface area (Å²) in [5.41, 5.74) is 1.35. The number of benzene rings is 2. The van der Waals surface area contributed by atoms with Gasteiger partial charge in [-0.1, -0.05) is 23.7 Å². The second-order valence-electron chi connectivity index (χ2n) is 4.53. The number of alkyl halides is 1. The number of fused-ring (bicyclic) bond motifs is 1. The van der Waals surface area contributed by atoms with Crippen molar-refractivity contribution in [3.63, 3.8) is 0 Å². The highest BCUT2D eigenvalue weighted by atomic mass is 35.5. The molecule has 0 aliphatic rings. The van der Waals surface area contributed by atoms with Crippen LogP contribution in [-0.2, 0) is 6.42 Å². The molecule has 6 heteroatoms. The smallest absolute Gasteiger partial charge is 0.197 e.